The quantitative estimate of drug-likeness (QED) is 0.369. The van der Waals surface area contributed by atoms with Crippen molar-refractivity contribution in [1.29, 1.82) is 4.78 Å². The third-order valence-electron chi connectivity index (χ3n) is 4.85. The summed E-state index contributed by atoms with van der Waals surface area (Å²) in [5.41, 5.74) is 1.37. The van der Waals surface area contributed by atoms with Crippen LogP contribution in [-0.4, -0.2) is 51.2 Å². The molecule has 0 fully saturated rings. The molecule has 0 aliphatic rings. The Labute approximate surface area is 201 Å². The zero-order valence-electron chi connectivity index (χ0n) is 18.7. The minimum Gasteiger partial charge on any atom is -0.459 e. The average Bonchev–Trinajstić information content (AvgIpc) is 2.83. The van der Waals surface area contributed by atoms with Crippen LogP contribution in [0.2, 0.25) is 0 Å². The second kappa shape index (κ2) is 13.1. The highest BCUT2D eigenvalue weighted by Crippen LogP contribution is 2.23. The van der Waals surface area contributed by atoms with Crippen molar-refractivity contribution in [1.82, 2.24) is 5.32 Å². The van der Waals surface area contributed by atoms with E-state index in [-0.39, 0.29) is 19.6 Å². The molecule has 0 saturated carbocycles. The summed E-state index contributed by atoms with van der Waals surface area (Å²) in [6.07, 6.45) is -9.80. The third-order valence-corrected chi connectivity index (χ3v) is 6.64. The molecule has 0 heterocycles. The summed E-state index contributed by atoms with van der Waals surface area (Å²) in [7, 11) is -3.58. The van der Waals surface area contributed by atoms with Crippen LogP contribution in [0.15, 0.2) is 60.7 Å². The number of aliphatic hydroxyl groups is 1. The number of esters is 1. The smallest absolute Gasteiger partial charge is 0.414 e. The zero-order chi connectivity index (χ0) is 25.9. The van der Waals surface area contributed by atoms with Gasteiger partial charge >= 0.3 is 18.2 Å². The van der Waals surface area contributed by atoms with Crippen LogP contribution in [0.3, 0.4) is 0 Å². The zero-order valence-corrected chi connectivity index (χ0v) is 19.5. The van der Waals surface area contributed by atoms with Gasteiger partial charge in [0.1, 0.15) is 19.3 Å². The third kappa shape index (κ3) is 10.8. The van der Waals surface area contributed by atoms with E-state index in [0.717, 1.165) is 0 Å². The number of carbonyl (C=O) groups is 2. The fraction of sp³-hybridized carbons (Fsp3) is 0.391. The fourth-order valence-electron chi connectivity index (χ4n) is 2.86. The van der Waals surface area contributed by atoms with Crippen LogP contribution < -0.4 is 5.32 Å². The van der Waals surface area contributed by atoms with Gasteiger partial charge in [0.2, 0.25) is 0 Å². The van der Waals surface area contributed by atoms with E-state index in [1.807, 2.05) is 0 Å². The Morgan fingerprint density at radius 1 is 0.914 bits per heavy atom. The van der Waals surface area contributed by atoms with Gasteiger partial charge in [0, 0.05) is 21.2 Å². The first kappa shape index (κ1) is 28.1. The van der Waals surface area contributed by atoms with Crippen molar-refractivity contribution in [3.8, 4) is 0 Å². The molecule has 35 heavy (non-hydrogen) atoms. The van der Waals surface area contributed by atoms with Gasteiger partial charge in [0.25, 0.3) is 0 Å². The number of halogens is 3. The van der Waals surface area contributed by atoms with Crippen molar-refractivity contribution < 1.29 is 41.5 Å². The molecule has 12 heteroatoms. The number of carbonyl (C=O) groups excluding carboxylic acids is 2. The van der Waals surface area contributed by atoms with Gasteiger partial charge in [-0.2, -0.15) is 13.2 Å². The van der Waals surface area contributed by atoms with Gasteiger partial charge in [0.15, 0.2) is 6.10 Å². The maximum atomic E-state index is 12.6. The van der Waals surface area contributed by atoms with Crippen molar-refractivity contribution in [3.05, 3.63) is 71.8 Å². The molecule has 1 amide bonds. The van der Waals surface area contributed by atoms with E-state index < -0.39 is 58.0 Å². The van der Waals surface area contributed by atoms with Crippen LogP contribution in [0.5, 0.6) is 0 Å². The first-order valence-corrected chi connectivity index (χ1v) is 12.5. The van der Waals surface area contributed by atoms with Crippen LogP contribution >= 0.6 is 0 Å². The summed E-state index contributed by atoms with van der Waals surface area (Å²) >= 11 is 0. The van der Waals surface area contributed by atoms with Crippen molar-refractivity contribution in [3.63, 3.8) is 0 Å². The van der Waals surface area contributed by atoms with Gasteiger partial charge in [-0.25, -0.2) is 13.8 Å². The Morgan fingerprint density at radius 3 is 1.91 bits per heavy atom. The molecule has 0 saturated heterocycles. The number of rotatable bonds is 12. The van der Waals surface area contributed by atoms with Crippen LogP contribution in [0.1, 0.15) is 24.0 Å². The first-order valence-electron chi connectivity index (χ1n) is 10.6. The summed E-state index contributed by atoms with van der Waals surface area (Å²) in [4.78, 5) is 24.8. The molecular weight excluding hydrogens is 489 g/mol. The van der Waals surface area contributed by atoms with Gasteiger partial charge in [0.05, 0.1) is 0 Å². The summed E-state index contributed by atoms with van der Waals surface area (Å²) in [5, 5.41) is 11.4. The topological polar surface area (TPSA) is 126 Å². The molecular formula is C23H27F3N2O6S. The van der Waals surface area contributed by atoms with Crippen molar-refractivity contribution >= 4 is 21.8 Å². The highest BCUT2D eigenvalue weighted by molar-refractivity contribution is 7.92. The molecule has 3 atom stereocenters. The van der Waals surface area contributed by atoms with Crippen LogP contribution in [0.4, 0.5) is 18.0 Å². The Kier molecular flexibility index (Phi) is 10.5. The molecule has 0 unspecified atom stereocenters. The molecule has 8 nitrogen and oxygen atoms in total. The van der Waals surface area contributed by atoms with Gasteiger partial charge in [-0.15, -0.1) is 0 Å². The maximum absolute atomic E-state index is 12.6. The molecule has 2 aromatic rings. The van der Waals surface area contributed by atoms with E-state index in [1.165, 1.54) is 0 Å². The number of alkyl carbamates (subject to hydrolysis) is 1. The summed E-state index contributed by atoms with van der Waals surface area (Å²) in [6, 6.07) is 16.1. The van der Waals surface area contributed by atoms with Crippen molar-refractivity contribution in [2.24, 2.45) is 0 Å². The monoisotopic (exact) mass is 516 g/mol. The van der Waals surface area contributed by atoms with E-state index in [4.69, 9.17) is 19.4 Å². The number of hydrogen-bond donors (Lipinski definition) is 3. The Balaban J connectivity index is 1.98. The molecule has 0 aliphatic heterocycles. The first-order chi connectivity index (χ1) is 16.5. The number of nitrogens with one attached hydrogen (secondary N) is 2. The lowest BCUT2D eigenvalue weighted by Crippen LogP contribution is -2.43. The molecule has 0 aromatic heterocycles. The Morgan fingerprint density at radius 2 is 1.40 bits per heavy atom. The fourth-order valence-corrected chi connectivity index (χ4v) is 4.29. The standard InChI is InChI=1S/C23H27F3N2O6S/c24-23(25,26)20(29)12-14-35(27,32)13-11-19(21(30)33-15-17-7-3-1-4-8-17)28-22(31)34-16-18-9-5-2-6-10-18/h1-10,19-20,27,29H,11-16H2,(H,28,31)/t19-,20+,35+/m0/s1. The molecule has 192 valence electrons. The van der Waals surface area contributed by atoms with Crippen molar-refractivity contribution in [2.45, 2.75) is 44.4 Å². The predicted molar refractivity (Wildman–Crippen MR) is 122 cm³/mol. The summed E-state index contributed by atoms with van der Waals surface area (Å²) < 4.78 is 68.0. The second-order valence-electron chi connectivity index (χ2n) is 7.71. The van der Waals surface area contributed by atoms with E-state index in [0.29, 0.717) is 11.1 Å². The highest BCUT2D eigenvalue weighted by Gasteiger charge is 2.38. The number of amides is 1. The number of alkyl halides is 3. The number of aliphatic hydroxyl groups excluding tert-OH is 1. The molecule has 0 bridgehead atoms. The second-order valence-corrected chi connectivity index (χ2v) is 10.1. The molecule has 3 N–H and O–H groups in total. The van der Waals surface area contributed by atoms with E-state index in [9.17, 15) is 27.0 Å². The number of ether oxygens (including phenoxy) is 2. The molecule has 0 spiro atoms. The van der Waals surface area contributed by atoms with Gasteiger partial charge in [-0.1, -0.05) is 60.7 Å². The number of hydrogen-bond acceptors (Lipinski definition) is 7. The molecule has 0 radical (unpaired) electrons. The maximum Gasteiger partial charge on any atom is 0.414 e. The SMILES string of the molecule is N=[S@@](=O)(CC[C@H](NC(=O)OCc1ccccc1)C(=O)OCc1ccccc1)CC[C@@H](O)C(F)(F)F. The summed E-state index contributed by atoms with van der Waals surface area (Å²) in [5.74, 6) is -2.10. The largest absolute Gasteiger partial charge is 0.459 e. The average molecular weight is 517 g/mol. The van der Waals surface area contributed by atoms with Crippen LogP contribution in [0, 0.1) is 4.78 Å². The van der Waals surface area contributed by atoms with Crippen LogP contribution in [0.25, 0.3) is 0 Å². The van der Waals surface area contributed by atoms with E-state index in [1.54, 1.807) is 60.7 Å². The molecule has 2 rings (SSSR count). The van der Waals surface area contributed by atoms with Gasteiger partial charge in [-0.05, 0) is 24.0 Å². The minimum atomic E-state index is -4.89. The normalized spacial score (nSPS) is 14.9. The highest BCUT2D eigenvalue weighted by atomic mass is 32.2. The lowest BCUT2D eigenvalue weighted by molar-refractivity contribution is -0.203. The Bertz CT molecular complexity index is 1050. The van der Waals surface area contributed by atoms with E-state index >= 15 is 0 Å². The lowest BCUT2D eigenvalue weighted by atomic mass is 10.2. The Hall–Kier alpha value is -3.12. The number of benzene rings is 2. The predicted octanol–water partition coefficient (Wildman–Crippen LogP) is 3.77. The van der Waals surface area contributed by atoms with E-state index in [2.05, 4.69) is 5.32 Å². The molecule has 0 aliphatic carbocycles. The lowest BCUT2D eigenvalue weighted by Gasteiger charge is -2.19. The van der Waals surface area contributed by atoms with Gasteiger partial charge in [-0.3, -0.25) is 4.78 Å². The van der Waals surface area contributed by atoms with Gasteiger partial charge < -0.3 is 19.9 Å². The van der Waals surface area contributed by atoms with Crippen LogP contribution in [-0.2, 0) is 37.2 Å². The minimum absolute atomic E-state index is 0.0804. The molecule has 2 aromatic carbocycles. The summed E-state index contributed by atoms with van der Waals surface area (Å²) in [6.45, 7) is -0.187. The van der Waals surface area contributed by atoms with Crippen molar-refractivity contribution in [2.75, 3.05) is 11.5 Å².